The maximum atomic E-state index is 11.8. The number of esters is 1. The van der Waals surface area contributed by atoms with Crippen molar-refractivity contribution in [2.24, 2.45) is 0 Å². The molecule has 0 heterocycles. The monoisotopic (exact) mass is 320 g/mol. The van der Waals surface area contributed by atoms with Crippen LogP contribution in [0, 0.1) is 6.92 Å². The van der Waals surface area contributed by atoms with Crippen LogP contribution in [0.4, 0.5) is 4.79 Å². The van der Waals surface area contributed by atoms with Crippen LogP contribution in [0.5, 0.6) is 5.75 Å². The van der Waals surface area contributed by atoms with E-state index < -0.39 is 30.6 Å². The van der Waals surface area contributed by atoms with Crippen LogP contribution in [0.25, 0.3) is 0 Å². The van der Waals surface area contributed by atoms with Crippen molar-refractivity contribution in [3.05, 3.63) is 29.8 Å². The molecular formula is C16H20N2O5. The summed E-state index contributed by atoms with van der Waals surface area (Å²) in [6.07, 6.45) is 0.986. The molecule has 1 fully saturated rings. The van der Waals surface area contributed by atoms with E-state index in [0.29, 0.717) is 5.75 Å². The number of carbonyl (C=O) groups is 3. The molecule has 1 atom stereocenters. The number of hydrogen-bond donors (Lipinski definition) is 2. The van der Waals surface area contributed by atoms with Crippen molar-refractivity contribution in [2.75, 3.05) is 6.61 Å². The number of hydrogen-bond acceptors (Lipinski definition) is 5. The third-order valence-corrected chi connectivity index (χ3v) is 3.15. The third kappa shape index (κ3) is 5.98. The van der Waals surface area contributed by atoms with Gasteiger partial charge in [-0.2, -0.15) is 0 Å². The van der Waals surface area contributed by atoms with Gasteiger partial charge in [0.15, 0.2) is 12.7 Å². The molecule has 0 spiro atoms. The molecule has 1 aromatic carbocycles. The molecule has 0 saturated heterocycles. The summed E-state index contributed by atoms with van der Waals surface area (Å²) < 4.78 is 10.3. The molecule has 1 aliphatic rings. The van der Waals surface area contributed by atoms with Gasteiger partial charge in [0.1, 0.15) is 5.75 Å². The van der Waals surface area contributed by atoms with Crippen molar-refractivity contribution in [2.45, 2.75) is 38.8 Å². The number of aryl methyl sites for hydroxylation is 1. The van der Waals surface area contributed by atoms with E-state index in [4.69, 9.17) is 9.47 Å². The molecule has 0 radical (unpaired) electrons. The zero-order valence-electron chi connectivity index (χ0n) is 13.1. The third-order valence-electron chi connectivity index (χ3n) is 3.15. The lowest BCUT2D eigenvalue weighted by molar-refractivity contribution is -0.154. The first-order valence-corrected chi connectivity index (χ1v) is 7.44. The van der Waals surface area contributed by atoms with Crippen molar-refractivity contribution in [3.63, 3.8) is 0 Å². The van der Waals surface area contributed by atoms with Crippen molar-refractivity contribution in [1.82, 2.24) is 10.6 Å². The van der Waals surface area contributed by atoms with Crippen LogP contribution in [0.3, 0.4) is 0 Å². The molecule has 23 heavy (non-hydrogen) atoms. The molecule has 7 heteroatoms. The smallest absolute Gasteiger partial charge is 0.347 e. The van der Waals surface area contributed by atoms with E-state index >= 15 is 0 Å². The Hall–Kier alpha value is -2.57. The average molecular weight is 320 g/mol. The molecule has 0 bridgehead atoms. The van der Waals surface area contributed by atoms with Gasteiger partial charge >= 0.3 is 12.0 Å². The minimum absolute atomic E-state index is 0.146. The summed E-state index contributed by atoms with van der Waals surface area (Å²) in [5, 5.41) is 4.69. The van der Waals surface area contributed by atoms with Gasteiger partial charge in [-0.3, -0.25) is 10.1 Å². The van der Waals surface area contributed by atoms with Crippen molar-refractivity contribution in [3.8, 4) is 5.75 Å². The summed E-state index contributed by atoms with van der Waals surface area (Å²) in [7, 11) is 0. The maximum absolute atomic E-state index is 11.8. The number of carbonyl (C=O) groups excluding carboxylic acids is 3. The highest BCUT2D eigenvalue weighted by Crippen LogP contribution is 2.18. The molecule has 0 aromatic heterocycles. The van der Waals surface area contributed by atoms with Gasteiger partial charge in [-0.1, -0.05) is 12.1 Å². The number of benzene rings is 1. The second-order valence-corrected chi connectivity index (χ2v) is 5.48. The van der Waals surface area contributed by atoms with Crippen LogP contribution in [0.15, 0.2) is 24.3 Å². The van der Waals surface area contributed by atoms with Gasteiger partial charge in [0.2, 0.25) is 0 Å². The Kier molecular flexibility index (Phi) is 5.56. The molecular weight excluding hydrogens is 300 g/mol. The Morgan fingerprint density at radius 2 is 2.04 bits per heavy atom. The molecule has 124 valence electrons. The van der Waals surface area contributed by atoms with E-state index in [1.54, 1.807) is 12.1 Å². The van der Waals surface area contributed by atoms with Crippen LogP contribution in [-0.2, 0) is 14.3 Å². The summed E-state index contributed by atoms with van der Waals surface area (Å²) in [6.45, 7) is 2.91. The number of urea groups is 1. The minimum Gasteiger partial charge on any atom is -0.479 e. The molecule has 1 aliphatic carbocycles. The lowest BCUT2D eigenvalue weighted by atomic mass is 10.2. The van der Waals surface area contributed by atoms with Gasteiger partial charge in [0, 0.05) is 6.04 Å². The van der Waals surface area contributed by atoms with Gasteiger partial charge in [-0.25, -0.2) is 9.59 Å². The van der Waals surface area contributed by atoms with Crippen LogP contribution in [0.2, 0.25) is 0 Å². The highest BCUT2D eigenvalue weighted by atomic mass is 16.6. The first kappa shape index (κ1) is 16.8. The summed E-state index contributed by atoms with van der Waals surface area (Å²) in [6, 6.07) is 6.82. The molecule has 2 N–H and O–H groups in total. The van der Waals surface area contributed by atoms with E-state index in [2.05, 4.69) is 10.6 Å². The number of rotatable bonds is 6. The average Bonchev–Trinajstić information content (AvgIpc) is 3.28. The summed E-state index contributed by atoms with van der Waals surface area (Å²) in [5.41, 5.74) is 1.00. The van der Waals surface area contributed by atoms with Gasteiger partial charge in [0.25, 0.3) is 5.91 Å². The quantitative estimate of drug-likeness (QED) is 0.770. The molecule has 1 aromatic rings. The standard InChI is InChI=1S/C16H20N2O5/c1-10-4-3-5-13(8-10)23-11(2)15(20)22-9-14(19)18-16(21)17-12-6-7-12/h3-5,8,11-12H,6-7,9H2,1-2H3,(H2,17,18,19,21)/t11-/m0/s1. The molecule has 3 amide bonds. The van der Waals surface area contributed by atoms with Gasteiger partial charge in [-0.15, -0.1) is 0 Å². The Bertz CT molecular complexity index is 598. The zero-order chi connectivity index (χ0) is 16.8. The van der Waals surface area contributed by atoms with E-state index in [9.17, 15) is 14.4 Å². The predicted molar refractivity (Wildman–Crippen MR) is 81.9 cm³/mol. The second-order valence-electron chi connectivity index (χ2n) is 5.48. The number of nitrogens with one attached hydrogen (secondary N) is 2. The van der Waals surface area contributed by atoms with Gasteiger partial charge in [0.05, 0.1) is 0 Å². The fourth-order valence-corrected chi connectivity index (χ4v) is 1.81. The lowest BCUT2D eigenvalue weighted by Gasteiger charge is -2.14. The summed E-state index contributed by atoms with van der Waals surface area (Å²) >= 11 is 0. The Labute approximate surface area is 134 Å². The molecule has 0 aliphatic heterocycles. The first-order chi connectivity index (χ1) is 10.9. The zero-order valence-corrected chi connectivity index (χ0v) is 13.1. The molecule has 2 rings (SSSR count). The summed E-state index contributed by atoms with van der Waals surface area (Å²) in [4.78, 5) is 34.6. The molecule has 1 saturated carbocycles. The first-order valence-electron chi connectivity index (χ1n) is 7.44. The highest BCUT2D eigenvalue weighted by molar-refractivity contribution is 5.95. The van der Waals surface area contributed by atoms with Gasteiger partial charge < -0.3 is 14.8 Å². The minimum atomic E-state index is -0.857. The lowest BCUT2D eigenvalue weighted by Crippen LogP contribution is -2.42. The maximum Gasteiger partial charge on any atom is 0.347 e. The van der Waals surface area contributed by atoms with Crippen molar-refractivity contribution < 1.29 is 23.9 Å². The second kappa shape index (κ2) is 7.62. The van der Waals surface area contributed by atoms with Crippen LogP contribution < -0.4 is 15.4 Å². The SMILES string of the molecule is Cc1cccc(O[C@@H](C)C(=O)OCC(=O)NC(=O)NC2CC2)c1. The highest BCUT2D eigenvalue weighted by Gasteiger charge is 2.24. The van der Waals surface area contributed by atoms with E-state index in [0.717, 1.165) is 18.4 Å². The topological polar surface area (TPSA) is 93.7 Å². The van der Waals surface area contributed by atoms with Crippen LogP contribution >= 0.6 is 0 Å². The Morgan fingerprint density at radius 1 is 1.30 bits per heavy atom. The molecule has 7 nitrogen and oxygen atoms in total. The normalized spacial score (nSPS) is 14.5. The number of ether oxygens (including phenoxy) is 2. The van der Waals surface area contributed by atoms with E-state index in [-0.39, 0.29) is 6.04 Å². The van der Waals surface area contributed by atoms with E-state index in [1.807, 2.05) is 19.1 Å². The predicted octanol–water partition coefficient (Wildman–Crippen LogP) is 1.29. The fraction of sp³-hybridized carbons (Fsp3) is 0.438. The van der Waals surface area contributed by atoms with Crippen molar-refractivity contribution in [1.29, 1.82) is 0 Å². The number of amides is 3. The van der Waals surface area contributed by atoms with Crippen LogP contribution in [0.1, 0.15) is 25.3 Å². The van der Waals surface area contributed by atoms with E-state index in [1.165, 1.54) is 6.92 Å². The Morgan fingerprint density at radius 3 is 2.70 bits per heavy atom. The van der Waals surface area contributed by atoms with Crippen molar-refractivity contribution >= 4 is 17.9 Å². The largest absolute Gasteiger partial charge is 0.479 e. The fourth-order valence-electron chi connectivity index (χ4n) is 1.81. The van der Waals surface area contributed by atoms with Crippen LogP contribution in [-0.4, -0.2) is 36.7 Å². The molecule has 0 unspecified atom stereocenters. The Balaban J connectivity index is 1.70. The number of imide groups is 1. The van der Waals surface area contributed by atoms with Gasteiger partial charge in [-0.05, 0) is 44.4 Å². The summed E-state index contributed by atoms with van der Waals surface area (Å²) in [5.74, 6) is -0.814.